The first-order valence-corrected chi connectivity index (χ1v) is 10.7. The Morgan fingerprint density at radius 2 is 1.57 bits per heavy atom. The zero-order chi connectivity index (χ0) is 20.9. The molecule has 0 saturated heterocycles. The summed E-state index contributed by atoms with van der Waals surface area (Å²) in [6, 6.07) is 12.6. The fraction of sp³-hybridized carbons (Fsp3) is 0.435. The van der Waals surface area contributed by atoms with Crippen LogP contribution in [0, 0.1) is 11.3 Å². The van der Waals surface area contributed by atoms with Crippen LogP contribution in [0.5, 0.6) is 11.5 Å². The highest BCUT2D eigenvalue weighted by Crippen LogP contribution is 2.38. The topological polar surface area (TPSA) is 52.6 Å². The highest BCUT2D eigenvalue weighted by molar-refractivity contribution is 7.71. The van der Waals surface area contributed by atoms with Gasteiger partial charge in [-0.3, -0.25) is 9.36 Å². The van der Waals surface area contributed by atoms with Crippen molar-refractivity contribution in [3.8, 4) is 11.5 Å². The maximum absolute atomic E-state index is 13.3. The van der Waals surface area contributed by atoms with E-state index in [-0.39, 0.29) is 11.0 Å². The van der Waals surface area contributed by atoms with E-state index < -0.39 is 13.3 Å². The Morgan fingerprint density at radius 3 is 2.11 bits per heavy atom. The van der Waals surface area contributed by atoms with Crippen LogP contribution >= 0.6 is 7.80 Å². The van der Waals surface area contributed by atoms with Crippen LogP contribution in [0.2, 0.25) is 0 Å². The highest BCUT2D eigenvalue weighted by atomic mass is 31.1. The Balaban J connectivity index is 2.37. The van der Waals surface area contributed by atoms with Crippen molar-refractivity contribution in [2.45, 2.75) is 40.5 Å². The number of rotatable bonds is 8. The lowest BCUT2D eigenvalue weighted by atomic mass is 9.83. The third kappa shape index (κ3) is 5.42. The normalized spacial score (nSPS) is 13.0. The van der Waals surface area contributed by atoms with Gasteiger partial charge in [0, 0.05) is 5.30 Å². The molecule has 0 aliphatic carbocycles. The van der Waals surface area contributed by atoms with Crippen LogP contribution in [0.4, 0.5) is 0 Å². The maximum atomic E-state index is 13.3. The van der Waals surface area contributed by atoms with Crippen molar-refractivity contribution in [2.75, 3.05) is 14.2 Å². The molecule has 0 aliphatic rings. The van der Waals surface area contributed by atoms with E-state index >= 15 is 0 Å². The van der Waals surface area contributed by atoms with Gasteiger partial charge in [-0.2, -0.15) is 0 Å². The fourth-order valence-electron chi connectivity index (χ4n) is 3.65. The van der Waals surface area contributed by atoms with E-state index in [0.29, 0.717) is 22.7 Å². The number of carbonyl (C=O) groups excluding carboxylic acids is 1. The average Bonchev–Trinajstić information content (AvgIpc) is 2.65. The van der Waals surface area contributed by atoms with Crippen LogP contribution in [-0.2, 0) is 11.0 Å². The van der Waals surface area contributed by atoms with Gasteiger partial charge in [-0.25, -0.2) is 0 Å². The van der Waals surface area contributed by atoms with Gasteiger partial charge in [0.05, 0.1) is 14.2 Å². The third-order valence-corrected chi connectivity index (χ3v) is 6.03. The molecule has 1 radical (unpaired) electrons. The zero-order valence-corrected chi connectivity index (χ0v) is 18.5. The summed E-state index contributed by atoms with van der Waals surface area (Å²) in [4.78, 5) is 13.1. The first kappa shape index (κ1) is 22.1. The Hall–Kier alpha value is -2.19. The number of hydrogen-bond acceptors (Lipinski definition) is 4. The lowest BCUT2D eigenvalue weighted by Crippen LogP contribution is -2.17. The molecule has 2 unspecified atom stereocenters. The van der Waals surface area contributed by atoms with Crippen molar-refractivity contribution in [2.24, 2.45) is 11.3 Å². The van der Waals surface area contributed by atoms with Gasteiger partial charge in [0.15, 0.2) is 7.80 Å². The molecule has 0 heterocycles. The van der Waals surface area contributed by atoms with Gasteiger partial charge in [-0.05, 0) is 47.9 Å². The smallest absolute Gasteiger partial charge is 0.254 e. The van der Waals surface area contributed by atoms with Crippen LogP contribution in [0.3, 0.4) is 0 Å². The second-order valence-electron chi connectivity index (χ2n) is 8.34. The fourth-order valence-corrected chi connectivity index (χ4v) is 4.94. The molecule has 0 bridgehead atoms. The predicted molar refractivity (Wildman–Crippen MR) is 114 cm³/mol. The van der Waals surface area contributed by atoms with Gasteiger partial charge in [0.1, 0.15) is 17.1 Å². The lowest BCUT2D eigenvalue weighted by molar-refractivity contribution is 0.107. The number of methoxy groups -OCH3 is 2. The van der Waals surface area contributed by atoms with Crippen LogP contribution in [0.25, 0.3) is 0 Å². The summed E-state index contributed by atoms with van der Waals surface area (Å²) in [6.45, 7) is 8.84. The largest absolute Gasteiger partial charge is 0.496 e. The summed E-state index contributed by atoms with van der Waals surface area (Å²) >= 11 is 0. The molecule has 0 aromatic heterocycles. The van der Waals surface area contributed by atoms with Crippen molar-refractivity contribution >= 4 is 18.6 Å². The molecule has 28 heavy (non-hydrogen) atoms. The molecule has 5 heteroatoms. The van der Waals surface area contributed by atoms with Gasteiger partial charge >= 0.3 is 0 Å². The number of benzene rings is 2. The van der Waals surface area contributed by atoms with E-state index in [4.69, 9.17) is 9.47 Å². The van der Waals surface area contributed by atoms with Gasteiger partial charge in [0.2, 0.25) is 0 Å². The van der Waals surface area contributed by atoms with Crippen LogP contribution in [0.1, 0.15) is 50.0 Å². The Bertz CT molecular complexity index is 830. The number of ether oxygens (including phenoxy) is 2. The molecule has 4 nitrogen and oxygen atoms in total. The first-order valence-electron chi connectivity index (χ1n) is 9.48. The van der Waals surface area contributed by atoms with Crippen molar-refractivity contribution in [3.63, 3.8) is 0 Å². The second-order valence-corrected chi connectivity index (χ2v) is 9.82. The number of hydrogen-bond donors (Lipinski definition) is 0. The molecule has 2 rings (SSSR count). The standard InChI is InChI=1S/C23H30O4P/c1-16(15-23(2,3)4)14-17-10-7-8-13-20(17)28(25)22(24)21-18(26-5)11-9-12-19(21)27-6/h7-13,16H,14-15H2,1-6H3. The molecule has 0 fully saturated rings. The van der Waals surface area contributed by atoms with Crippen molar-refractivity contribution in [1.29, 1.82) is 0 Å². The van der Waals surface area contributed by atoms with Crippen molar-refractivity contribution in [1.82, 2.24) is 0 Å². The summed E-state index contributed by atoms with van der Waals surface area (Å²) in [7, 11) is 0.683. The Morgan fingerprint density at radius 1 is 1.00 bits per heavy atom. The van der Waals surface area contributed by atoms with Gasteiger partial charge in [0.25, 0.3) is 5.52 Å². The molecule has 2 aromatic rings. The van der Waals surface area contributed by atoms with Crippen LogP contribution in [0.15, 0.2) is 42.5 Å². The second kappa shape index (κ2) is 9.34. The summed E-state index contributed by atoms with van der Waals surface area (Å²) in [5.41, 5.74) is 0.936. The Labute approximate surface area is 169 Å². The van der Waals surface area contributed by atoms with Gasteiger partial charge in [-0.1, -0.05) is 52.0 Å². The van der Waals surface area contributed by atoms with E-state index in [9.17, 15) is 9.36 Å². The van der Waals surface area contributed by atoms with Gasteiger partial charge in [-0.15, -0.1) is 0 Å². The predicted octanol–water partition coefficient (Wildman–Crippen LogP) is 5.61. The molecule has 2 atom stereocenters. The molecule has 0 saturated carbocycles. The highest BCUT2D eigenvalue weighted by Gasteiger charge is 2.27. The first-order chi connectivity index (χ1) is 13.2. The SMILES string of the molecule is COc1cccc(OC)c1C(=O)[P](=O)c1ccccc1CC(C)CC(C)(C)C. The minimum atomic E-state index is -2.29. The molecular weight excluding hydrogens is 371 g/mol. The van der Waals surface area contributed by atoms with Crippen LogP contribution in [-0.4, -0.2) is 19.7 Å². The van der Waals surface area contributed by atoms with Crippen LogP contribution < -0.4 is 14.8 Å². The van der Waals surface area contributed by atoms with E-state index in [1.807, 2.05) is 18.2 Å². The average molecular weight is 401 g/mol. The summed E-state index contributed by atoms with van der Waals surface area (Å²) in [5, 5.41) is 0.594. The molecule has 0 spiro atoms. The summed E-state index contributed by atoms with van der Waals surface area (Å²) in [5.74, 6) is 1.15. The third-order valence-electron chi connectivity index (χ3n) is 4.57. The van der Waals surface area contributed by atoms with E-state index in [2.05, 4.69) is 27.7 Å². The quantitative estimate of drug-likeness (QED) is 0.540. The molecule has 0 N–H and O–H groups in total. The monoisotopic (exact) mass is 401 g/mol. The Kier molecular flexibility index (Phi) is 7.37. The lowest BCUT2D eigenvalue weighted by Gasteiger charge is -2.23. The van der Waals surface area contributed by atoms with E-state index in [1.165, 1.54) is 14.2 Å². The van der Waals surface area contributed by atoms with Crippen molar-refractivity contribution < 1.29 is 18.8 Å². The van der Waals surface area contributed by atoms with E-state index in [1.54, 1.807) is 24.3 Å². The van der Waals surface area contributed by atoms with Gasteiger partial charge < -0.3 is 9.47 Å². The minimum Gasteiger partial charge on any atom is -0.496 e. The van der Waals surface area contributed by atoms with E-state index in [0.717, 1.165) is 18.4 Å². The molecule has 2 aromatic carbocycles. The summed E-state index contributed by atoms with van der Waals surface area (Å²) in [6.07, 6.45) is 1.83. The molecule has 0 aliphatic heterocycles. The minimum absolute atomic E-state index is 0.219. The van der Waals surface area contributed by atoms with Crippen molar-refractivity contribution in [3.05, 3.63) is 53.6 Å². The molecule has 151 valence electrons. The number of carbonyl (C=O) groups is 1. The zero-order valence-electron chi connectivity index (χ0n) is 17.6. The summed E-state index contributed by atoms with van der Waals surface area (Å²) < 4.78 is 23.9. The molecular formula is C23H30O4P. The molecule has 0 amide bonds. The maximum Gasteiger partial charge on any atom is 0.254 e.